The first-order valence-corrected chi connectivity index (χ1v) is 11.0. The molecular weight excluding hydrogens is 395 g/mol. The summed E-state index contributed by atoms with van der Waals surface area (Å²) in [5.41, 5.74) is 4.16. The standard InChI is InChI=1S/C24H33FN4O2/c1-16(2)15-29-19(5)21(18(4)26-29)8-9-23(30)27-10-12-28(13-11-27)24(31)20-7-6-17(3)22(25)14-20/h6-7,14,16H,8-13,15H2,1-5H3. The summed E-state index contributed by atoms with van der Waals surface area (Å²) in [7, 11) is 0. The average molecular weight is 429 g/mol. The fraction of sp³-hybridized carbons (Fsp3) is 0.542. The summed E-state index contributed by atoms with van der Waals surface area (Å²) in [6, 6.07) is 4.57. The van der Waals surface area contributed by atoms with Gasteiger partial charge in [-0.1, -0.05) is 19.9 Å². The van der Waals surface area contributed by atoms with Crippen LogP contribution in [0.25, 0.3) is 0 Å². The lowest BCUT2D eigenvalue weighted by Gasteiger charge is -2.35. The van der Waals surface area contributed by atoms with Crippen molar-refractivity contribution in [1.29, 1.82) is 0 Å². The minimum absolute atomic E-state index is 0.101. The van der Waals surface area contributed by atoms with Crippen molar-refractivity contribution in [2.24, 2.45) is 5.92 Å². The van der Waals surface area contributed by atoms with Gasteiger partial charge >= 0.3 is 0 Å². The Bertz CT molecular complexity index is 959. The van der Waals surface area contributed by atoms with E-state index in [4.69, 9.17) is 0 Å². The van der Waals surface area contributed by atoms with Crippen LogP contribution in [0.3, 0.4) is 0 Å². The molecule has 168 valence electrons. The third kappa shape index (κ3) is 5.32. The Hall–Kier alpha value is -2.70. The smallest absolute Gasteiger partial charge is 0.254 e. The molecule has 1 saturated heterocycles. The molecule has 0 spiro atoms. The molecule has 0 bridgehead atoms. The Morgan fingerprint density at radius 3 is 2.32 bits per heavy atom. The van der Waals surface area contributed by atoms with Crippen molar-refractivity contribution in [2.75, 3.05) is 26.2 Å². The number of benzene rings is 1. The molecule has 0 aliphatic carbocycles. The van der Waals surface area contributed by atoms with Crippen molar-refractivity contribution in [3.05, 3.63) is 52.1 Å². The number of hydrogen-bond acceptors (Lipinski definition) is 3. The van der Waals surface area contributed by atoms with Gasteiger partial charge in [0.05, 0.1) is 5.69 Å². The third-order valence-electron chi connectivity index (χ3n) is 6.00. The normalized spacial score (nSPS) is 14.4. The van der Waals surface area contributed by atoms with Gasteiger partial charge in [0.2, 0.25) is 5.91 Å². The molecule has 2 amide bonds. The molecule has 2 heterocycles. The molecule has 1 aromatic heterocycles. The predicted molar refractivity (Wildman–Crippen MR) is 118 cm³/mol. The van der Waals surface area contributed by atoms with Crippen LogP contribution in [-0.2, 0) is 17.8 Å². The van der Waals surface area contributed by atoms with Crippen LogP contribution in [-0.4, -0.2) is 57.6 Å². The van der Waals surface area contributed by atoms with Crippen molar-refractivity contribution in [2.45, 2.75) is 54.0 Å². The maximum Gasteiger partial charge on any atom is 0.254 e. The van der Waals surface area contributed by atoms with Crippen molar-refractivity contribution in [3.63, 3.8) is 0 Å². The number of aryl methyl sites for hydroxylation is 2. The quantitative estimate of drug-likeness (QED) is 0.707. The molecule has 1 fully saturated rings. The van der Waals surface area contributed by atoms with Crippen LogP contribution >= 0.6 is 0 Å². The summed E-state index contributed by atoms with van der Waals surface area (Å²) < 4.78 is 15.8. The SMILES string of the molecule is Cc1ccc(C(=O)N2CCN(C(=O)CCc3c(C)nn(CC(C)C)c3C)CC2)cc1F. The number of carbonyl (C=O) groups is 2. The van der Waals surface area contributed by atoms with E-state index in [9.17, 15) is 14.0 Å². The second kappa shape index (κ2) is 9.62. The topological polar surface area (TPSA) is 58.4 Å². The maximum absolute atomic E-state index is 13.8. The zero-order valence-electron chi connectivity index (χ0n) is 19.2. The van der Waals surface area contributed by atoms with Crippen LogP contribution in [0.4, 0.5) is 4.39 Å². The second-order valence-corrected chi connectivity index (χ2v) is 8.86. The van der Waals surface area contributed by atoms with Gasteiger partial charge in [-0.05, 0) is 56.4 Å². The molecule has 0 saturated carbocycles. The largest absolute Gasteiger partial charge is 0.339 e. The summed E-state index contributed by atoms with van der Waals surface area (Å²) >= 11 is 0. The van der Waals surface area contributed by atoms with Crippen molar-refractivity contribution < 1.29 is 14.0 Å². The number of hydrogen-bond donors (Lipinski definition) is 0. The van der Waals surface area contributed by atoms with E-state index in [-0.39, 0.29) is 17.6 Å². The lowest BCUT2D eigenvalue weighted by Crippen LogP contribution is -2.50. The van der Waals surface area contributed by atoms with E-state index >= 15 is 0 Å². The number of rotatable bonds is 6. The van der Waals surface area contributed by atoms with E-state index < -0.39 is 0 Å². The average Bonchev–Trinajstić information content (AvgIpc) is 2.99. The lowest BCUT2D eigenvalue weighted by molar-refractivity contribution is -0.132. The van der Waals surface area contributed by atoms with E-state index in [1.807, 2.05) is 16.5 Å². The van der Waals surface area contributed by atoms with Gasteiger partial charge in [-0.15, -0.1) is 0 Å². The molecule has 0 atom stereocenters. The monoisotopic (exact) mass is 428 g/mol. The molecular formula is C24H33FN4O2. The summed E-state index contributed by atoms with van der Waals surface area (Å²) in [6.07, 6.45) is 1.11. The first kappa shape index (κ1) is 23.0. The molecule has 0 radical (unpaired) electrons. The van der Waals surface area contributed by atoms with Gasteiger partial charge in [-0.2, -0.15) is 5.10 Å². The summed E-state index contributed by atoms with van der Waals surface area (Å²) in [4.78, 5) is 28.9. The van der Waals surface area contributed by atoms with Crippen LogP contribution < -0.4 is 0 Å². The molecule has 31 heavy (non-hydrogen) atoms. The zero-order chi connectivity index (χ0) is 22.7. The molecule has 1 aliphatic heterocycles. The number of halogens is 1. The highest BCUT2D eigenvalue weighted by Crippen LogP contribution is 2.18. The fourth-order valence-electron chi connectivity index (χ4n) is 4.08. The Labute approximate surface area is 184 Å². The molecule has 2 aromatic rings. The van der Waals surface area contributed by atoms with Crippen LogP contribution in [0.2, 0.25) is 0 Å². The van der Waals surface area contributed by atoms with Crippen LogP contribution in [0, 0.1) is 32.5 Å². The highest BCUT2D eigenvalue weighted by Gasteiger charge is 2.25. The summed E-state index contributed by atoms with van der Waals surface area (Å²) in [6.45, 7) is 12.9. The van der Waals surface area contributed by atoms with E-state index in [2.05, 4.69) is 25.9 Å². The van der Waals surface area contributed by atoms with Gasteiger partial charge in [0.25, 0.3) is 5.91 Å². The number of carbonyl (C=O) groups excluding carboxylic acids is 2. The summed E-state index contributed by atoms with van der Waals surface area (Å²) in [5, 5.41) is 4.63. The first-order valence-electron chi connectivity index (χ1n) is 11.0. The van der Waals surface area contributed by atoms with Crippen molar-refractivity contribution >= 4 is 11.8 Å². The Morgan fingerprint density at radius 1 is 1.06 bits per heavy atom. The minimum Gasteiger partial charge on any atom is -0.339 e. The Balaban J connectivity index is 1.53. The molecule has 1 aromatic carbocycles. The fourth-order valence-corrected chi connectivity index (χ4v) is 4.08. The van der Waals surface area contributed by atoms with Gasteiger partial charge in [0.1, 0.15) is 5.82 Å². The van der Waals surface area contributed by atoms with Crippen LogP contribution in [0.5, 0.6) is 0 Å². The predicted octanol–water partition coefficient (Wildman–Crippen LogP) is 3.52. The van der Waals surface area contributed by atoms with Gasteiger partial charge in [0.15, 0.2) is 0 Å². The number of amides is 2. The van der Waals surface area contributed by atoms with Gasteiger partial charge in [-0.25, -0.2) is 4.39 Å². The lowest BCUT2D eigenvalue weighted by atomic mass is 10.1. The van der Waals surface area contributed by atoms with Gasteiger partial charge in [-0.3, -0.25) is 14.3 Å². The van der Waals surface area contributed by atoms with Gasteiger partial charge < -0.3 is 9.80 Å². The molecule has 0 unspecified atom stereocenters. The third-order valence-corrected chi connectivity index (χ3v) is 6.00. The number of nitrogens with zero attached hydrogens (tertiary/aromatic N) is 4. The first-order chi connectivity index (χ1) is 14.7. The molecule has 7 heteroatoms. The molecule has 0 N–H and O–H groups in total. The van der Waals surface area contributed by atoms with E-state index in [0.717, 1.165) is 23.5 Å². The van der Waals surface area contributed by atoms with Crippen LogP contribution in [0.15, 0.2) is 18.2 Å². The van der Waals surface area contributed by atoms with Gasteiger partial charge in [0, 0.05) is 50.4 Å². The minimum atomic E-state index is -0.373. The Morgan fingerprint density at radius 2 is 1.71 bits per heavy atom. The summed E-state index contributed by atoms with van der Waals surface area (Å²) in [5.74, 6) is 0.0589. The van der Waals surface area contributed by atoms with E-state index in [0.29, 0.717) is 56.1 Å². The zero-order valence-corrected chi connectivity index (χ0v) is 19.2. The maximum atomic E-state index is 13.8. The Kier molecular flexibility index (Phi) is 7.13. The highest BCUT2D eigenvalue weighted by molar-refractivity contribution is 5.94. The molecule has 1 aliphatic rings. The number of aromatic nitrogens is 2. The number of piperazine rings is 1. The second-order valence-electron chi connectivity index (χ2n) is 8.86. The van der Waals surface area contributed by atoms with E-state index in [1.165, 1.54) is 6.07 Å². The molecule has 6 nitrogen and oxygen atoms in total. The van der Waals surface area contributed by atoms with Crippen LogP contribution in [0.1, 0.15) is 53.1 Å². The van der Waals surface area contributed by atoms with Crippen molar-refractivity contribution in [3.8, 4) is 0 Å². The van der Waals surface area contributed by atoms with Crippen molar-refractivity contribution in [1.82, 2.24) is 19.6 Å². The highest BCUT2D eigenvalue weighted by atomic mass is 19.1. The molecule has 3 rings (SSSR count). The van der Waals surface area contributed by atoms with E-state index in [1.54, 1.807) is 24.0 Å².